The first-order valence-electron chi connectivity index (χ1n) is 8.62. The summed E-state index contributed by atoms with van der Waals surface area (Å²) in [5.41, 5.74) is 2.17. The Bertz CT molecular complexity index is 828. The predicted octanol–water partition coefficient (Wildman–Crippen LogP) is 4.53. The van der Waals surface area contributed by atoms with Crippen LogP contribution in [-0.2, 0) is 6.54 Å². The van der Waals surface area contributed by atoms with Crippen molar-refractivity contribution in [1.82, 2.24) is 4.90 Å². The third-order valence-electron chi connectivity index (χ3n) is 5.35. The minimum absolute atomic E-state index is 0.0241. The van der Waals surface area contributed by atoms with Crippen LogP contribution in [0.3, 0.4) is 0 Å². The molecule has 1 aromatic heterocycles. The molecule has 1 aromatic carbocycles. The van der Waals surface area contributed by atoms with Gasteiger partial charge in [-0.2, -0.15) is 0 Å². The maximum absolute atomic E-state index is 12.1. The molecule has 2 heterocycles. The molecule has 5 heteroatoms. The summed E-state index contributed by atoms with van der Waals surface area (Å²) < 4.78 is 5.55. The van der Waals surface area contributed by atoms with Gasteiger partial charge < -0.3 is 9.52 Å². The Balaban J connectivity index is 2.15. The average molecular weight is 350 g/mol. The number of phenols is 1. The van der Waals surface area contributed by atoms with Crippen LogP contribution in [0.2, 0.25) is 5.02 Å². The van der Waals surface area contributed by atoms with Crippen molar-refractivity contribution < 1.29 is 9.52 Å². The summed E-state index contributed by atoms with van der Waals surface area (Å²) in [4.78, 5) is 14.5. The van der Waals surface area contributed by atoms with Gasteiger partial charge in [0.25, 0.3) is 0 Å². The van der Waals surface area contributed by atoms with Crippen LogP contribution < -0.4 is 5.63 Å². The van der Waals surface area contributed by atoms with E-state index in [1.54, 1.807) is 13.0 Å². The van der Waals surface area contributed by atoms with E-state index in [-0.39, 0.29) is 11.4 Å². The van der Waals surface area contributed by atoms with Gasteiger partial charge in [-0.1, -0.05) is 24.9 Å². The highest BCUT2D eigenvalue weighted by atomic mass is 35.5. The molecule has 1 aliphatic heterocycles. The molecular formula is C19H24ClNO3. The van der Waals surface area contributed by atoms with Gasteiger partial charge >= 0.3 is 5.63 Å². The van der Waals surface area contributed by atoms with Crippen LogP contribution in [0.15, 0.2) is 15.3 Å². The Kier molecular flexibility index (Phi) is 4.88. The van der Waals surface area contributed by atoms with E-state index in [0.29, 0.717) is 34.3 Å². The van der Waals surface area contributed by atoms with Crippen LogP contribution >= 0.6 is 11.6 Å². The van der Waals surface area contributed by atoms with E-state index in [9.17, 15) is 9.90 Å². The molecule has 130 valence electrons. The summed E-state index contributed by atoms with van der Waals surface area (Å²) in [6.45, 7) is 7.36. The van der Waals surface area contributed by atoms with Gasteiger partial charge in [-0.25, -0.2) is 4.79 Å². The van der Waals surface area contributed by atoms with Crippen molar-refractivity contribution in [3.8, 4) is 5.75 Å². The fourth-order valence-electron chi connectivity index (χ4n) is 3.67. The number of hydrogen-bond donors (Lipinski definition) is 1. The van der Waals surface area contributed by atoms with Gasteiger partial charge in [0.15, 0.2) is 0 Å². The maximum Gasteiger partial charge on any atom is 0.339 e. The summed E-state index contributed by atoms with van der Waals surface area (Å²) in [5.74, 6) is 0.0241. The number of benzene rings is 1. The summed E-state index contributed by atoms with van der Waals surface area (Å²) in [5, 5.41) is 11.6. The molecule has 0 bridgehead atoms. The minimum Gasteiger partial charge on any atom is -0.506 e. The molecule has 1 saturated heterocycles. The van der Waals surface area contributed by atoms with E-state index < -0.39 is 0 Å². The van der Waals surface area contributed by atoms with Crippen LogP contribution in [0.1, 0.15) is 49.3 Å². The zero-order chi connectivity index (χ0) is 17.4. The molecule has 0 saturated carbocycles. The SMILES string of the molecule is CC[C@H]1CCCCN1Cc1c(O)c(Cl)cc2c(C)c(C)c(=O)oc12. The number of nitrogens with zero attached hydrogens (tertiary/aromatic N) is 1. The van der Waals surface area contributed by atoms with Gasteiger partial charge in [-0.05, 0) is 51.3 Å². The van der Waals surface area contributed by atoms with E-state index in [1.165, 1.54) is 6.42 Å². The molecule has 4 nitrogen and oxygen atoms in total. The van der Waals surface area contributed by atoms with E-state index in [2.05, 4.69) is 11.8 Å². The van der Waals surface area contributed by atoms with Crippen LogP contribution in [0.4, 0.5) is 0 Å². The second-order valence-corrected chi connectivity index (χ2v) is 7.14. The summed E-state index contributed by atoms with van der Waals surface area (Å²) in [7, 11) is 0. The fourth-order valence-corrected chi connectivity index (χ4v) is 3.90. The fraction of sp³-hybridized carbons (Fsp3) is 0.526. The highest BCUT2D eigenvalue weighted by Gasteiger charge is 2.25. The Morgan fingerprint density at radius 3 is 2.79 bits per heavy atom. The zero-order valence-electron chi connectivity index (χ0n) is 14.5. The number of likely N-dealkylation sites (tertiary alicyclic amines) is 1. The second kappa shape index (κ2) is 6.77. The molecule has 24 heavy (non-hydrogen) atoms. The van der Waals surface area contributed by atoms with Crippen LogP contribution in [0.5, 0.6) is 5.75 Å². The van der Waals surface area contributed by atoms with Gasteiger partial charge in [0.2, 0.25) is 0 Å². The smallest absolute Gasteiger partial charge is 0.339 e. The van der Waals surface area contributed by atoms with E-state index >= 15 is 0 Å². The Morgan fingerprint density at radius 2 is 2.08 bits per heavy atom. The zero-order valence-corrected chi connectivity index (χ0v) is 15.2. The minimum atomic E-state index is -0.353. The second-order valence-electron chi connectivity index (χ2n) is 6.73. The molecule has 0 amide bonds. The summed E-state index contributed by atoms with van der Waals surface area (Å²) >= 11 is 6.26. The third kappa shape index (κ3) is 2.93. The van der Waals surface area contributed by atoms with Crippen molar-refractivity contribution in [3.05, 3.63) is 38.2 Å². The Morgan fingerprint density at radius 1 is 1.33 bits per heavy atom. The Hall–Kier alpha value is -1.52. The number of phenolic OH excluding ortho intramolecular Hbond substituents is 1. The third-order valence-corrected chi connectivity index (χ3v) is 5.64. The number of halogens is 1. The number of hydrogen-bond acceptors (Lipinski definition) is 4. The standard InChI is InChI=1S/C19H24ClNO3/c1-4-13-7-5-6-8-21(13)10-15-17(22)16(20)9-14-11(2)12(3)19(23)24-18(14)15/h9,13,22H,4-8,10H2,1-3H3/t13-/m0/s1. The topological polar surface area (TPSA) is 53.7 Å². The monoisotopic (exact) mass is 349 g/mol. The molecule has 0 spiro atoms. The van der Waals surface area contributed by atoms with Gasteiger partial charge in [-0.3, -0.25) is 4.90 Å². The molecule has 0 unspecified atom stereocenters. The van der Waals surface area contributed by atoms with Crippen LogP contribution in [0.25, 0.3) is 11.0 Å². The van der Waals surface area contributed by atoms with Crippen molar-refractivity contribution in [2.75, 3.05) is 6.54 Å². The number of aryl methyl sites for hydroxylation is 1. The molecule has 0 radical (unpaired) electrons. The van der Waals surface area contributed by atoms with Gasteiger partial charge in [-0.15, -0.1) is 0 Å². The average Bonchev–Trinajstić information content (AvgIpc) is 2.58. The van der Waals surface area contributed by atoms with Crippen molar-refractivity contribution in [3.63, 3.8) is 0 Å². The highest BCUT2D eigenvalue weighted by Crippen LogP contribution is 2.37. The van der Waals surface area contributed by atoms with Crippen molar-refractivity contribution in [2.45, 2.75) is 59.0 Å². The lowest BCUT2D eigenvalue weighted by molar-refractivity contribution is 0.135. The van der Waals surface area contributed by atoms with Crippen LogP contribution in [-0.4, -0.2) is 22.6 Å². The first kappa shape index (κ1) is 17.3. The maximum atomic E-state index is 12.1. The highest BCUT2D eigenvalue weighted by molar-refractivity contribution is 6.33. The van der Waals surface area contributed by atoms with E-state index in [0.717, 1.165) is 36.8 Å². The van der Waals surface area contributed by atoms with Gasteiger partial charge in [0.05, 0.1) is 10.6 Å². The first-order chi connectivity index (χ1) is 11.4. The predicted molar refractivity (Wildman–Crippen MR) is 97.0 cm³/mol. The summed E-state index contributed by atoms with van der Waals surface area (Å²) in [6, 6.07) is 2.18. The molecule has 1 aliphatic rings. The number of fused-ring (bicyclic) bond motifs is 1. The van der Waals surface area contributed by atoms with Gasteiger partial charge in [0.1, 0.15) is 11.3 Å². The lowest BCUT2D eigenvalue weighted by atomic mass is 9.98. The van der Waals surface area contributed by atoms with E-state index in [1.807, 2.05) is 6.92 Å². The molecule has 0 aliphatic carbocycles. The largest absolute Gasteiger partial charge is 0.506 e. The molecule has 2 aromatic rings. The molecule has 1 atom stereocenters. The first-order valence-corrected chi connectivity index (χ1v) is 9.00. The number of rotatable bonds is 3. The lowest BCUT2D eigenvalue weighted by Gasteiger charge is -2.35. The van der Waals surface area contributed by atoms with Crippen LogP contribution in [0, 0.1) is 13.8 Å². The quantitative estimate of drug-likeness (QED) is 0.827. The normalized spacial score (nSPS) is 19.1. The van der Waals surface area contributed by atoms with Gasteiger partial charge in [0, 0.05) is 23.5 Å². The van der Waals surface area contributed by atoms with Crippen molar-refractivity contribution in [2.24, 2.45) is 0 Å². The molecule has 1 N–H and O–H groups in total. The number of aromatic hydroxyl groups is 1. The molecular weight excluding hydrogens is 326 g/mol. The molecule has 1 fully saturated rings. The number of piperidine rings is 1. The molecule has 3 rings (SSSR count). The lowest BCUT2D eigenvalue weighted by Crippen LogP contribution is -2.38. The Labute approximate surface area is 147 Å². The van der Waals surface area contributed by atoms with E-state index in [4.69, 9.17) is 16.0 Å². The summed E-state index contributed by atoms with van der Waals surface area (Å²) in [6.07, 6.45) is 4.63. The van der Waals surface area contributed by atoms with Crippen molar-refractivity contribution >= 4 is 22.6 Å². The van der Waals surface area contributed by atoms with Crippen molar-refractivity contribution in [1.29, 1.82) is 0 Å².